The van der Waals surface area contributed by atoms with Gasteiger partial charge < -0.3 is 5.11 Å². The molecule has 2 fully saturated rings. The van der Waals surface area contributed by atoms with Crippen LogP contribution in [0.4, 0.5) is 0 Å². The van der Waals surface area contributed by atoms with Crippen LogP contribution >= 0.6 is 0 Å². The summed E-state index contributed by atoms with van der Waals surface area (Å²) in [5, 5.41) is 10.1. The predicted octanol–water partition coefficient (Wildman–Crippen LogP) is 2.87. The van der Waals surface area contributed by atoms with E-state index in [1.165, 1.54) is 38.5 Å². The fourth-order valence-electron chi connectivity index (χ4n) is 3.03. The van der Waals surface area contributed by atoms with Crippen molar-refractivity contribution in [3.8, 4) is 0 Å². The first kappa shape index (κ1) is 8.55. The van der Waals surface area contributed by atoms with Gasteiger partial charge in [0.1, 0.15) is 0 Å². The van der Waals surface area contributed by atoms with Crippen LogP contribution in [0.25, 0.3) is 0 Å². The van der Waals surface area contributed by atoms with Gasteiger partial charge in [-0.2, -0.15) is 0 Å². The van der Waals surface area contributed by atoms with Gasteiger partial charge in [-0.25, -0.2) is 0 Å². The van der Waals surface area contributed by atoms with Crippen molar-refractivity contribution >= 4 is 0 Å². The van der Waals surface area contributed by atoms with Crippen LogP contribution in [0.5, 0.6) is 0 Å². The van der Waals surface area contributed by atoms with Crippen LogP contribution in [-0.4, -0.2) is 10.7 Å². The summed E-state index contributed by atoms with van der Waals surface area (Å²) in [5.41, 5.74) is 0.182. The van der Waals surface area contributed by atoms with Gasteiger partial charge in [0.05, 0.1) is 5.60 Å². The molecule has 2 rings (SSSR count). The summed E-state index contributed by atoms with van der Waals surface area (Å²) in [7, 11) is 0. The highest BCUT2D eigenvalue weighted by Gasteiger charge is 2.65. The third-order valence-electron chi connectivity index (χ3n) is 4.00. The Morgan fingerprint density at radius 3 is 2.67 bits per heavy atom. The van der Waals surface area contributed by atoms with E-state index in [9.17, 15) is 5.11 Å². The average molecular weight is 168 g/mol. The van der Waals surface area contributed by atoms with E-state index in [1.54, 1.807) is 0 Å². The third-order valence-corrected chi connectivity index (χ3v) is 4.00. The Balaban J connectivity index is 1.94. The molecule has 0 aliphatic heterocycles. The smallest absolute Gasteiger partial charge is 0.0711 e. The molecule has 2 aliphatic rings. The topological polar surface area (TPSA) is 20.2 Å². The lowest BCUT2D eigenvalue weighted by Crippen LogP contribution is -2.24. The fourth-order valence-corrected chi connectivity index (χ4v) is 3.03. The van der Waals surface area contributed by atoms with Gasteiger partial charge in [-0.3, -0.25) is 0 Å². The molecule has 0 radical (unpaired) electrons. The Hall–Kier alpha value is -0.0400. The molecule has 0 heterocycles. The van der Waals surface area contributed by atoms with Crippen molar-refractivity contribution in [2.24, 2.45) is 5.41 Å². The lowest BCUT2D eigenvalue weighted by atomic mass is 9.83. The summed E-state index contributed by atoms with van der Waals surface area (Å²) in [4.78, 5) is 0. The van der Waals surface area contributed by atoms with Crippen LogP contribution in [0.1, 0.15) is 58.3 Å². The van der Waals surface area contributed by atoms with Gasteiger partial charge in [0, 0.05) is 5.41 Å². The molecule has 1 N–H and O–H groups in total. The molecule has 0 saturated heterocycles. The summed E-state index contributed by atoms with van der Waals surface area (Å²) in [6.45, 7) is 2.24. The zero-order valence-electron chi connectivity index (χ0n) is 8.10. The molecule has 70 valence electrons. The van der Waals surface area contributed by atoms with Crippen molar-refractivity contribution in [2.45, 2.75) is 63.9 Å². The second-order valence-electron chi connectivity index (χ2n) is 4.80. The van der Waals surface area contributed by atoms with E-state index >= 15 is 0 Å². The maximum atomic E-state index is 10.1. The molecule has 2 saturated carbocycles. The summed E-state index contributed by atoms with van der Waals surface area (Å²) < 4.78 is 0. The summed E-state index contributed by atoms with van der Waals surface area (Å²) in [5.74, 6) is 0. The van der Waals surface area contributed by atoms with Crippen molar-refractivity contribution < 1.29 is 5.11 Å². The summed E-state index contributed by atoms with van der Waals surface area (Å²) >= 11 is 0. The largest absolute Gasteiger partial charge is 0.389 e. The SMILES string of the molecule is CCCCC12CCCCC1(O)C2. The van der Waals surface area contributed by atoms with Crippen molar-refractivity contribution in [3.05, 3.63) is 0 Å². The highest BCUT2D eigenvalue weighted by molar-refractivity contribution is 5.17. The molecule has 0 aromatic carbocycles. The molecular weight excluding hydrogens is 148 g/mol. The Bertz CT molecular complexity index is 174. The highest BCUT2D eigenvalue weighted by atomic mass is 16.3. The number of unbranched alkanes of at least 4 members (excludes halogenated alkanes) is 1. The normalized spacial score (nSPS) is 45.5. The lowest BCUT2D eigenvalue weighted by Gasteiger charge is -2.26. The predicted molar refractivity (Wildman–Crippen MR) is 50.0 cm³/mol. The Morgan fingerprint density at radius 1 is 1.25 bits per heavy atom. The first-order valence-electron chi connectivity index (χ1n) is 5.45. The van der Waals surface area contributed by atoms with Crippen molar-refractivity contribution in [3.63, 3.8) is 0 Å². The fraction of sp³-hybridized carbons (Fsp3) is 1.00. The quantitative estimate of drug-likeness (QED) is 0.687. The van der Waals surface area contributed by atoms with E-state index in [0.717, 1.165) is 12.8 Å². The molecule has 12 heavy (non-hydrogen) atoms. The standard InChI is InChI=1S/C11H20O/c1-2-3-6-10-7-4-5-8-11(10,12)9-10/h12H,2-9H2,1H3. The van der Waals surface area contributed by atoms with E-state index in [-0.39, 0.29) is 5.60 Å². The summed E-state index contributed by atoms with van der Waals surface area (Å²) in [6.07, 6.45) is 9.96. The van der Waals surface area contributed by atoms with Crippen LogP contribution in [-0.2, 0) is 0 Å². The number of hydrogen-bond donors (Lipinski definition) is 1. The maximum Gasteiger partial charge on any atom is 0.0711 e. The summed E-state index contributed by atoms with van der Waals surface area (Å²) in [6, 6.07) is 0. The Kier molecular flexibility index (Phi) is 1.95. The van der Waals surface area contributed by atoms with Gasteiger partial charge in [-0.1, -0.05) is 32.6 Å². The first-order chi connectivity index (χ1) is 5.72. The molecule has 1 nitrogen and oxygen atoms in total. The molecule has 0 spiro atoms. The van der Waals surface area contributed by atoms with Gasteiger partial charge in [-0.15, -0.1) is 0 Å². The monoisotopic (exact) mass is 168 g/mol. The van der Waals surface area contributed by atoms with Gasteiger partial charge in [0.2, 0.25) is 0 Å². The molecule has 0 amide bonds. The highest BCUT2D eigenvalue weighted by Crippen LogP contribution is 2.66. The van der Waals surface area contributed by atoms with Crippen molar-refractivity contribution in [1.82, 2.24) is 0 Å². The second-order valence-corrected chi connectivity index (χ2v) is 4.80. The number of rotatable bonds is 3. The molecule has 2 unspecified atom stereocenters. The van der Waals surface area contributed by atoms with Crippen molar-refractivity contribution in [1.29, 1.82) is 0 Å². The van der Waals surface area contributed by atoms with Crippen LogP contribution < -0.4 is 0 Å². The third kappa shape index (κ3) is 1.10. The van der Waals surface area contributed by atoms with E-state index in [2.05, 4.69) is 6.92 Å². The Morgan fingerprint density at radius 2 is 2.00 bits per heavy atom. The second kappa shape index (κ2) is 2.73. The average Bonchev–Trinajstić information content (AvgIpc) is 2.68. The molecule has 2 aliphatic carbocycles. The minimum atomic E-state index is -0.208. The van der Waals surface area contributed by atoms with Gasteiger partial charge >= 0.3 is 0 Å². The van der Waals surface area contributed by atoms with Gasteiger partial charge in [-0.05, 0) is 25.7 Å². The van der Waals surface area contributed by atoms with E-state index < -0.39 is 0 Å². The molecular formula is C11H20O. The lowest BCUT2D eigenvalue weighted by molar-refractivity contribution is 0.0579. The molecule has 0 bridgehead atoms. The Labute approximate surface area is 75.2 Å². The van der Waals surface area contributed by atoms with E-state index in [4.69, 9.17) is 0 Å². The molecule has 0 aromatic rings. The van der Waals surface area contributed by atoms with Gasteiger partial charge in [0.15, 0.2) is 0 Å². The first-order valence-corrected chi connectivity index (χ1v) is 5.45. The zero-order chi connectivity index (χ0) is 8.66. The number of hydrogen-bond acceptors (Lipinski definition) is 1. The van der Waals surface area contributed by atoms with Crippen molar-refractivity contribution in [2.75, 3.05) is 0 Å². The minimum absolute atomic E-state index is 0.208. The maximum absolute atomic E-state index is 10.1. The van der Waals surface area contributed by atoms with Gasteiger partial charge in [0.25, 0.3) is 0 Å². The molecule has 0 aromatic heterocycles. The minimum Gasteiger partial charge on any atom is -0.389 e. The number of fused-ring (bicyclic) bond motifs is 1. The molecule has 2 atom stereocenters. The zero-order valence-corrected chi connectivity index (χ0v) is 8.10. The van der Waals surface area contributed by atoms with Crippen LogP contribution in [0.3, 0.4) is 0 Å². The molecule has 1 heteroatoms. The van der Waals surface area contributed by atoms with Crippen LogP contribution in [0.15, 0.2) is 0 Å². The van der Waals surface area contributed by atoms with E-state index in [0.29, 0.717) is 5.41 Å². The van der Waals surface area contributed by atoms with E-state index in [1.807, 2.05) is 0 Å². The number of aliphatic hydroxyl groups is 1. The van der Waals surface area contributed by atoms with Crippen LogP contribution in [0, 0.1) is 5.41 Å². The van der Waals surface area contributed by atoms with Crippen LogP contribution in [0.2, 0.25) is 0 Å².